The molecule has 3 aromatic heterocycles. The van der Waals surface area contributed by atoms with E-state index >= 15 is 0 Å². The van der Waals surface area contributed by atoms with E-state index in [1.807, 2.05) is 30.6 Å². The fourth-order valence-corrected chi connectivity index (χ4v) is 3.81. The van der Waals surface area contributed by atoms with E-state index in [9.17, 15) is 4.79 Å². The van der Waals surface area contributed by atoms with Gasteiger partial charge in [-0.05, 0) is 36.4 Å². The Hall–Kier alpha value is -3.71. The first-order chi connectivity index (χ1) is 14.6. The van der Waals surface area contributed by atoms with Gasteiger partial charge in [0.2, 0.25) is 5.65 Å². The van der Waals surface area contributed by atoms with E-state index in [4.69, 9.17) is 21.1 Å². The highest BCUT2D eigenvalue weighted by Crippen LogP contribution is 2.31. The number of H-pyrrole nitrogens is 1. The predicted molar refractivity (Wildman–Crippen MR) is 116 cm³/mol. The van der Waals surface area contributed by atoms with Gasteiger partial charge in [0.05, 0.1) is 30.6 Å². The number of nitrogens with one attached hydrogen (secondary N) is 1. The van der Waals surface area contributed by atoms with Crippen molar-refractivity contribution in [1.82, 2.24) is 18.9 Å². The molecule has 0 radical (unpaired) electrons. The molecule has 150 valence electrons. The van der Waals surface area contributed by atoms with Crippen LogP contribution in [0.15, 0.2) is 66.0 Å². The zero-order valence-electron chi connectivity index (χ0n) is 16.2. The minimum absolute atomic E-state index is 0.248. The lowest BCUT2D eigenvalue weighted by Gasteiger charge is -2.08. The second-order valence-electron chi connectivity index (χ2n) is 6.76. The number of rotatable bonds is 4. The quantitative estimate of drug-likeness (QED) is 0.470. The Morgan fingerprint density at radius 3 is 2.70 bits per heavy atom. The molecule has 3 heterocycles. The Morgan fingerprint density at radius 1 is 1.07 bits per heavy atom. The van der Waals surface area contributed by atoms with Gasteiger partial charge in [0, 0.05) is 41.3 Å². The zero-order valence-corrected chi connectivity index (χ0v) is 17.0. The molecule has 0 saturated heterocycles. The maximum Gasteiger partial charge on any atom is 0.298 e. The molecule has 0 aliphatic heterocycles. The van der Waals surface area contributed by atoms with Crippen molar-refractivity contribution in [2.24, 2.45) is 0 Å². The van der Waals surface area contributed by atoms with E-state index in [0.29, 0.717) is 27.8 Å². The molecule has 8 heteroatoms. The second kappa shape index (κ2) is 6.96. The third-order valence-corrected chi connectivity index (χ3v) is 5.39. The van der Waals surface area contributed by atoms with Gasteiger partial charge < -0.3 is 18.9 Å². The molecule has 0 spiro atoms. The van der Waals surface area contributed by atoms with Crippen molar-refractivity contribution in [3.8, 4) is 28.4 Å². The van der Waals surface area contributed by atoms with E-state index in [1.165, 1.54) is 4.57 Å². The number of imidazole rings is 1. The summed E-state index contributed by atoms with van der Waals surface area (Å²) in [7, 11) is 3.18. The molecule has 1 N–H and O–H groups in total. The van der Waals surface area contributed by atoms with Gasteiger partial charge in [-0.1, -0.05) is 11.6 Å². The van der Waals surface area contributed by atoms with Crippen LogP contribution >= 0.6 is 11.6 Å². The summed E-state index contributed by atoms with van der Waals surface area (Å²) in [5, 5.41) is 1.40. The van der Waals surface area contributed by atoms with Crippen molar-refractivity contribution in [3.05, 3.63) is 76.6 Å². The van der Waals surface area contributed by atoms with Crippen molar-refractivity contribution in [1.29, 1.82) is 0 Å². The monoisotopic (exact) mass is 420 g/mol. The topological polar surface area (TPSA) is 73.6 Å². The summed E-state index contributed by atoms with van der Waals surface area (Å²) in [5.74, 6) is 1.30. The van der Waals surface area contributed by atoms with Crippen LogP contribution in [0.3, 0.4) is 0 Å². The van der Waals surface area contributed by atoms with E-state index < -0.39 is 0 Å². The lowest BCUT2D eigenvalue weighted by molar-refractivity contribution is 0.415. The number of fused-ring (bicyclic) bond motifs is 2. The first-order valence-corrected chi connectivity index (χ1v) is 9.56. The van der Waals surface area contributed by atoms with Crippen molar-refractivity contribution in [3.63, 3.8) is 0 Å². The fraction of sp³-hybridized carbons (Fsp3) is 0.0909. The zero-order chi connectivity index (χ0) is 20.8. The minimum Gasteiger partial charge on any atom is -0.497 e. The van der Waals surface area contributed by atoms with Gasteiger partial charge in [-0.15, -0.1) is 0 Å². The van der Waals surface area contributed by atoms with Gasteiger partial charge in [-0.25, -0.2) is 4.98 Å². The third kappa shape index (κ3) is 2.83. The van der Waals surface area contributed by atoms with Gasteiger partial charge in [0.25, 0.3) is 5.56 Å². The predicted octanol–water partition coefficient (Wildman–Crippen LogP) is 4.30. The average Bonchev–Trinajstić information content (AvgIpc) is 3.37. The summed E-state index contributed by atoms with van der Waals surface area (Å²) in [6, 6.07) is 11.0. The molecular weight excluding hydrogens is 404 g/mol. The Labute approximate surface area is 176 Å². The number of halogens is 1. The van der Waals surface area contributed by atoms with Gasteiger partial charge >= 0.3 is 0 Å². The maximum absolute atomic E-state index is 13.1. The summed E-state index contributed by atoms with van der Waals surface area (Å²) in [6.45, 7) is 0. The Morgan fingerprint density at radius 2 is 1.93 bits per heavy atom. The van der Waals surface area contributed by atoms with Gasteiger partial charge in [0.1, 0.15) is 11.5 Å². The standard InChI is InChI=1S/C22H17ClN4O3/c1-29-14-4-5-18-15(10-14)16(11-24-18)19-12-26-7-8-27(22(28)21(26)25-19)13-3-6-20(30-2)17(23)9-13/h3-12,24H,1-2H3. The molecule has 0 bridgehead atoms. The minimum atomic E-state index is -0.248. The van der Waals surface area contributed by atoms with Crippen LogP contribution in [0.2, 0.25) is 5.02 Å². The number of ether oxygens (including phenoxy) is 2. The highest BCUT2D eigenvalue weighted by molar-refractivity contribution is 6.32. The van der Waals surface area contributed by atoms with Crippen LogP contribution in [-0.4, -0.2) is 33.2 Å². The van der Waals surface area contributed by atoms with Crippen molar-refractivity contribution in [2.45, 2.75) is 0 Å². The number of nitrogens with zero attached hydrogens (tertiary/aromatic N) is 3. The summed E-state index contributed by atoms with van der Waals surface area (Å²) in [5.41, 5.74) is 3.25. The number of aromatic amines is 1. The summed E-state index contributed by atoms with van der Waals surface area (Å²) < 4.78 is 13.8. The third-order valence-electron chi connectivity index (χ3n) is 5.10. The van der Waals surface area contributed by atoms with Gasteiger partial charge in [-0.2, -0.15) is 0 Å². The summed E-state index contributed by atoms with van der Waals surface area (Å²) in [4.78, 5) is 21.0. The molecule has 5 aromatic rings. The summed E-state index contributed by atoms with van der Waals surface area (Å²) in [6.07, 6.45) is 7.20. The van der Waals surface area contributed by atoms with E-state index in [-0.39, 0.29) is 5.56 Å². The molecule has 0 atom stereocenters. The first-order valence-electron chi connectivity index (χ1n) is 9.19. The summed E-state index contributed by atoms with van der Waals surface area (Å²) >= 11 is 6.23. The van der Waals surface area contributed by atoms with Crippen LogP contribution in [-0.2, 0) is 0 Å². The van der Waals surface area contributed by atoms with Crippen LogP contribution in [0, 0.1) is 0 Å². The van der Waals surface area contributed by atoms with Crippen molar-refractivity contribution >= 4 is 28.2 Å². The molecule has 0 unspecified atom stereocenters. The SMILES string of the molecule is COc1ccc2[nH]cc(-c3cn4ccn(-c5ccc(OC)c(Cl)c5)c(=O)c4n3)c2c1. The van der Waals surface area contributed by atoms with Crippen LogP contribution in [0.4, 0.5) is 0 Å². The molecular formula is C22H17ClN4O3. The van der Waals surface area contributed by atoms with Crippen LogP contribution in [0.25, 0.3) is 33.5 Å². The molecule has 7 nitrogen and oxygen atoms in total. The first kappa shape index (κ1) is 18.3. The Bertz CT molecular complexity index is 1460. The largest absolute Gasteiger partial charge is 0.497 e. The smallest absolute Gasteiger partial charge is 0.298 e. The highest BCUT2D eigenvalue weighted by atomic mass is 35.5. The lowest BCUT2D eigenvalue weighted by atomic mass is 10.1. The highest BCUT2D eigenvalue weighted by Gasteiger charge is 2.14. The molecule has 0 aliphatic carbocycles. The number of hydrogen-bond acceptors (Lipinski definition) is 4. The second-order valence-corrected chi connectivity index (χ2v) is 7.17. The van der Waals surface area contributed by atoms with Crippen molar-refractivity contribution < 1.29 is 9.47 Å². The molecule has 5 rings (SSSR count). The van der Waals surface area contributed by atoms with Crippen molar-refractivity contribution in [2.75, 3.05) is 14.2 Å². The van der Waals surface area contributed by atoms with E-state index in [1.54, 1.807) is 49.2 Å². The molecule has 2 aromatic carbocycles. The fourth-order valence-electron chi connectivity index (χ4n) is 3.56. The maximum atomic E-state index is 13.1. The molecule has 30 heavy (non-hydrogen) atoms. The Kier molecular flexibility index (Phi) is 4.25. The molecule has 0 aliphatic rings. The average molecular weight is 421 g/mol. The van der Waals surface area contributed by atoms with Gasteiger partial charge in [0.15, 0.2) is 0 Å². The molecule has 0 amide bonds. The number of aromatic nitrogens is 4. The number of benzene rings is 2. The Balaban J connectivity index is 1.65. The number of methoxy groups -OCH3 is 2. The van der Waals surface area contributed by atoms with E-state index in [0.717, 1.165) is 22.2 Å². The van der Waals surface area contributed by atoms with E-state index in [2.05, 4.69) is 9.97 Å². The van der Waals surface area contributed by atoms with Crippen LogP contribution < -0.4 is 15.0 Å². The van der Waals surface area contributed by atoms with Crippen LogP contribution in [0.1, 0.15) is 0 Å². The number of hydrogen-bond donors (Lipinski definition) is 1. The lowest BCUT2D eigenvalue weighted by Crippen LogP contribution is -2.19. The van der Waals surface area contributed by atoms with Gasteiger partial charge in [-0.3, -0.25) is 9.36 Å². The molecule has 0 fully saturated rings. The normalized spacial score (nSPS) is 11.3. The molecule has 0 saturated carbocycles. The van der Waals surface area contributed by atoms with Crippen LogP contribution in [0.5, 0.6) is 11.5 Å².